The molecule has 0 saturated carbocycles. The summed E-state index contributed by atoms with van der Waals surface area (Å²) >= 11 is 1.23. The van der Waals surface area contributed by atoms with Gasteiger partial charge in [0.1, 0.15) is 5.25 Å². The van der Waals surface area contributed by atoms with E-state index in [4.69, 9.17) is 0 Å². The molecule has 0 saturated heterocycles. The summed E-state index contributed by atoms with van der Waals surface area (Å²) in [7, 11) is 3.00. The van der Waals surface area contributed by atoms with Gasteiger partial charge in [-0.1, -0.05) is 25.1 Å². The van der Waals surface area contributed by atoms with Crippen LogP contribution in [0.25, 0.3) is 0 Å². The predicted molar refractivity (Wildman–Crippen MR) is 70.8 cm³/mol. The molecule has 0 aromatic carbocycles. The second kappa shape index (κ2) is 6.58. The smallest absolute Gasteiger partial charge is 0.318 e. The minimum absolute atomic E-state index is 0.104. The molecule has 0 N–H and O–H groups in total. The Morgan fingerprint density at radius 1 is 1.61 bits per heavy atom. The highest BCUT2D eigenvalue weighted by molar-refractivity contribution is 8.00. The van der Waals surface area contributed by atoms with Crippen molar-refractivity contribution in [2.75, 3.05) is 7.11 Å². The molecule has 0 radical (unpaired) electrons. The summed E-state index contributed by atoms with van der Waals surface area (Å²) in [4.78, 5) is 27.5. The van der Waals surface area contributed by atoms with Crippen LogP contribution in [-0.2, 0) is 23.0 Å². The number of aryl methyl sites for hydroxylation is 1. The van der Waals surface area contributed by atoms with E-state index < -0.39 is 0 Å². The van der Waals surface area contributed by atoms with E-state index in [9.17, 15) is 9.59 Å². The number of hydrogen-bond donors (Lipinski definition) is 0. The van der Waals surface area contributed by atoms with E-state index in [1.54, 1.807) is 14.0 Å². The molecule has 1 aromatic heterocycles. The normalized spacial score (nSPS) is 12.2. The number of thioether (sulfide) groups is 1. The van der Waals surface area contributed by atoms with Crippen molar-refractivity contribution >= 4 is 17.7 Å². The molecule has 0 bridgehead atoms. The van der Waals surface area contributed by atoms with Crippen molar-refractivity contribution in [3.05, 3.63) is 22.1 Å². The Morgan fingerprint density at radius 2 is 2.28 bits per heavy atom. The van der Waals surface area contributed by atoms with Crippen LogP contribution in [-0.4, -0.2) is 27.9 Å². The van der Waals surface area contributed by atoms with Crippen LogP contribution in [0.1, 0.15) is 26.0 Å². The number of nitrogens with zero attached hydrogens (tertiary/aromatic N) is 2. The summed E-state index contributed by atoms with van der Waals surface area (Å²) in [5, 5.41) is 0.161. The lowest BCUT2D eigenvalue weighted by Crippen LogP contribution is -2.23. The summed E-state index contributed by atoms with van der Waals surface area (Å²) in [6, 6.07) is 1.54. The van der Waals surface area contributed by atoms with Crippen LogP contribution < -0.4 is 5.56 Å². The number of carbonyl (C=O) groups is 1. The molecule has 0 spiro atoms. The van der Waals surface area contributed by atoms with Gasteiger partial charge < -0.3 is 4.74 Å². The molecule has 1 atom stereocenters. The Kier molecular flexibility index (Phi) is 5.40. The van der Waals surface area contributed by atoms with Crippen molar-refractivity contribution in [2.24, 2.45) is 7.05 Å². The van der Waals surface area contributed by atoms with E-state index in [0.29, 0.717) is 5.16 Å². The second-order valence-corrected chi connectivity index (χ2v) is 5.27. The lowest BCUT2D eigenvalue weighted by molar-refractivity contribution is -0.139. The van der Waals surface area contributed by atoms with Gasteiger partial charge in [-0.25, -0.2) is 4.98 Å². The van der Waals surface area contributed by atoms with E-state index in [-0.39, 0.29) is 16.8 Å². The molecule has 18 heavy (non-hydrogen) atoms. The summed E-state index contributed by atoms with van der Waals surface area (Å²) in [6.07, 6.45) is 1.69. The molecule has 1 rings (SSSR count). The van der Waals surface area contributed by atoms with Crippen LogP contribution in [0.5, 0.6) is 0 Å². The number of hydrogen-bond acceptors (Lipinski definition) is 5. The number of carbonyl (C=O) groups excluding carboxylic acids is 1. The fraction of sp³-hybridized carbons (Fsp3) is 0.583. The van der Waals surface area contributed by atoms with Crippen LogP contribution >= 0.6 is 11.8 Å². The fourth-order valence-electron chi connectivity index (χ4n) is 1.43. The molecule has 0 aliphatic carbocycles. The number of methoxy groups -OCH3 is 1. The molecule has 0 fully saturated rings. The quantitative estimate of drug-likeness (QED) is 0.459. The van der Waals surface area contributed by atoms with Gasteiger partial charge in [-0.05, 0) is 13.3 Å². The molecular formula is C12H18N2O3S. The SMILES string of the molecule is CCCc1cc(=O)n(C)c(SC(C)C(=O)OC)n1. The number of esters is 1. The molecule has 1 heterocycles. The van der Waals surface area contributed by atoms with Crippen molar-refractivity contribution < 1.29 is 9.53 Å². The first kappa shape index (κ1) is 14.8. The molecule has 100 valence electrons. The highest BCUT2D eigenvalue weighted by Crippen LogP contribution is 2.20. The largest absolute Gasteiger partial charge is 0.468 e. The third kappa shape index (κ3) is 3.60. The van der Waals surface area contributed by atoms with Gasteiger partial charge in [0.05, 0.1) is 7.11 Å². The Morgan fingerprint density at radius 3 is 2.83 bits per heavy atom. The van der Waals surface area contributed by atoms with Crippen molar-refractivity contribution in [3.63, 3.8) is 0 Å². The Hall–Kier alpha value is -1.30. The van der Waals surface area contributed by atoms with E-state index in [1.165, 1.54) is 29.5 Å². The molecule has 5 nitrogen and oxygen atoms in total. The molecule has 0 amide bonds. The van der Waals surface area contributed by atoms with Gasteiger partial charge in [0.25, 0.3) is 5.56 Å². The maximum atomic E-state index is 11.7. The highest BCUT2D eigenvalue weighted by Gasteiger charge is 2.17. The van der Waals surface area contributed by atoms with Crippen molar-refractivity contribution in [2.45, 2.75) is 37.1 Å². The van der Waals surface area contributed by atoms with Crippen molar-refractivity contribution in [1.29, 1.82) is 0 Å². The minimum atomic E-state index is -0.384. The first-order valence-corrected chi connectivity index (χ1v) is 6.69. The van der Waals surface area contributed by atoms with Gasteiger partial charge in [-0.15, -0.1) is 0 Å². The molecule has 0 aliphatic rings. The molecule has 6 heteroatoms. The predicted octanol–water partition coefficient (Wildman–Crippen LogP) is 1.39. The number of aromatic nitrogens is 2. The zero-order valence-corrected chi connectivity index (χ0v) is 11.9. The van der Waals surface area contributed by atoms with E-state index in [0.717, 1.165) is 18.5 Å². The van der Waals surface area contributed by atoms with Crippen LogP contribution in [0.3, 0.4) is 0 Å². The average molecular weight is 270 g/mol. The molecular weight excluding hydrogens is 252 g/mol. The first-order valence-electron chi connectivity index (χ1n) is 5.81. The van der Waals surface area contributed by atoms with Crippen LogP contribution in [0.2, 0.25) is 0 Å². The van der Waals surface area contributed by atoms with Gasteiger partial charge in [0.15, 0.2) is 5.16 Å². The molecule has 1 unspecified atom stereocenters. The van der Waals surface area contributed by atoms with Gasteiger partial charge in [0.2, 0.25) is 0 Å². The Bertz CT molecular complexity index is 485. The maximum Gasteiger partial charge on any atom is 0.318 e. The first-order chi connectivity index (χ1) is 8.49. The third-order valence-electron chi connectivity index (χ3n) is 2.47. The molecule has 0 aliphatic heterocycles. The van der Waals surface area contributed by atoms with Crippen LogP contribution in [0.15, 0.2) is 16.0 Å². The van der Waals surface area contributed by atoms with E-state index in [1.807, 2.05) is 6.92 Å². The third-order valence-corrected chi connectivity index (χ3v) is 3.59. The lowest BCUT2D eigenvalue weighted by Gasteiger charge is -2.12. The highest BCUT2D eigenvalue weighted by atomic mass is 32.2. The molecule has 1 aromatic rings. The second-order valence-electron chi connectivity index (χ2n) is 3.96. The number of rotatable bonds is 5. The van der Waals surface area contributed by atoms with Crippen LogP contribution in [0, 0.1) is 0 Å². The van der Waals surface area contributed by atoms with Gasteiger partial charge in [0, 0.05) is 18.8 Å². The zero-order chi connectivity index (χ0) is 13.7. The topological polar surface area (TPSA) is 61.2 Å². The minimum Gasteiger partial charge on any atom is -0.468 e. The van der Waals surface area contributed by atoms with Crippen molar-refractivity contribution in [3.8, 4) is 0 Å². The summed E-state index contributed by atoms with van der Waals surface area (Å²) in [5.41, 5.74) is 0.660. The Balaban J connectivity index is 3.00. The van der Waals surface area contributed by atoms with Gasteiger partial charge in [-0.2, -0.15) is 0 Å². The van der Waals surface area contributed by atoms with Gasteiger partial charge >= 0.3 is 5.97 Å². The van der Waals surface area contributed by atoms with Crippen molar-refractivity contribution in [1.82, 2.24) is 9.55 Å². The standard InChI is InChI=1S/C12H18N2O3S/c1-5-6-9-7-10(15)14(3)12(13-9)18-8(2)11(16)17-4/h7-8H,5-6H2,1-4H3. The lowest BCUT2D eigenvalue weighted by atomic mass is 10.2. The van der Waals surface area contributed by atoms with E-state index >= 15 is 0 Å². The summed E-state index contributed by atoms with van der Waals surface area (Å²) < 4.78 is 6.10. The monoisotopic (exact) mass is 270 g/mol. The Labute approximate surface area is 111 Å². The fourth-order valence-corrected chi connectivity index (χ4v) is 2.35. The number of ether oxygens (including phenoxy) is 1. The summed E-state index contributed by atoms with van der Waals surface area (Å²) in [5.74, 6) is -0.324. The zero-order valence-electron chi connectivity index (χ0n) is 11.1. The summed E-state index contributed by atoms with van der Waals surface area (Å²) in [6.45, 7) is 3.76. The van der Waals surface area contributed by atoms with Gasteiger partial charge in [-0.3, -0.25) is 14.2 Å². The maximum absolute atomic E-state index is 11.7. The van der Waals surface area contributed by atoms with E-state index in [2.05, 4.69) is 9.72 Å². The average Bonchev–Trinajstić information content (AvgIpc) is 2.34. The van der Waals surface area contributed by atoms with Crippen LogP contribution in [0.4, 0.5) is 0 Å².